The first kappa shape index (κ1) is 10.7. The maximum absolute atomic E-state index is 5.63. The molecule has 1 heterocycles. The topological polar surface area (TPSA) is 38.9 Å². The van der Waals surface area contributed by atoms with Crippen molar-refractivity contribution in [3.8, 4) is 0 Å². The first-order valence-electron chi connectivity index (χ1n) is 3.14. The van der Waals surface area contributed by atoms with Crippen LogP contribution in [-0.4, -0.2) is 11.5 Å². The standard InChI is InChI=1S/C7H9ClN2.ClH/c8-7-3-1-2-6(10-7)4-5-9;/h1-3H,4-5,9H2;1H. The third kappa shape index (κ3) is 3.56. The second-order valence-electron chi connectivity index (χ2n) is 1.99. The van der Waals surface area contributed by atoms with E-state index in [0.717, 1.165) is 12.1 Å². The first-order chi connectivity index (χ1) is 4.83. The fourth-order valence-electron chi connectivity index (χ4n) is 0.737. The van der Waals surface area contributed by atoms with Gasteiger partial charge in [0, 0.05) is 12.1 Å². The smallest absolute Gasteiger partial charge is 0.129 e. The van der Waals surface area contributed by atoms with Crippen molar-refractivity contribution < 1.29 is 0 Å². The molecule has 1 aromatic heterocycles. The van der Waals surface area contributed by atoms with Gasteiger partial charge in [0.2, 0.25) is 0 Å². The number of aromatic nitrogens is 1. The summed E-state index contributed by atoms with van der Waals surface area (Å²) in [5.41, 5.74) is 6.28. The molecular formula is C7H10Cl2N2. The molecule has 0 saturated carbocycles. The number of pyridine rings is 1. The molecule has 11 heavy (non-hydrogen) atoms. The van der Waals surface area contributed by atoms with Gasteiger partial charge in [-0.15, -0.1) is 12.4 Å². The number of rotatable bonds is 2. The summed E-state index contributed by atoms with van der Waals surface area (Å²) in [6.45, 7) is 0.618. The molecule has 0 atom stereocenters. The summed E-state index contributed by atoms with van der Waals surface area (Å²) in [6, 6.07) is 5.54. The van der Waals surface area contributed by atoms with Crippen LogP contribution in [0.2, 0.25) is 5.15 Å². The van der Waals surface area contributed by atoms with Crippen molar-refractivity contribution >= 4 is 24.0 Å². The van der Waals surface area contributed by atoms with Crippen LogP contribution in [0.25, 0.3) is 0 Å². The Hall–Kier alpha value is -0.310. The third-order valence-corrected chi connectivity index (χ3v) is 1.38. The van der Waals surface area contributed by atoms with E-state index in [0.29, 0.717) is 11.7 Å². The largest absolute Gasteiger partial charge is 0.330 e. The van der Waals surface area contributed by atoms with Crippen LogP contribution in [0, 0.1) is 0 Å². The summed E-state index contributed by atoms with van der Waals surface area (Å²) in [5, 5.41) is 0.533. The van der Waals surface area contributed by atoms with Crippen LogP contribution in [0.5, 0.6) is 0 Å². The molecule has 0 fully saturated rings. The van der Waals surface area contributed by atoms with Crippen molar-refractivity contribution in [2.75, 3.05) is 6.54 Å². The van der Waals surface area contributed by atoms with Crippen molar-refractivity contribution in [2.45, 2.75) is 6.42 Å². The Morgan fingerprint density at radius 2 is 2.18 bits per heavy atom. The summed E-state index contributed by atoms with van der Waals surface area (Å²) in [4.78, 5) is 4.05. The summed E-state index contributed by atoms with van der Waals surface area (Å²) in [6.07, 6.45) is 0.792. The number of nitrogens with zero attached hydrogens (tertiary/aromatic N) is 1. The van der Waals surface area contributed by atoms with Crippen LogP contribution in [-0.2, 0) is 6.42 Å². The molecule has 4 heteroatoms. The van der Waals surface area contributed by atoms with E-state index >= 15 is 0 Å². The molecule has 0 unspecified atom stereocenters. The highest BCUT2D eigenvalue weighted by Crippen LogP contribution is 2.04. The van der Waals surface area contributed by atoms with E-state index in [9.17, 15) is 0 Å². The zero-order valence-corrected chi connectivity index (χ0v) is 7.53. The quantitative estimate of drug-likeness (QED) is 0.725. The van der Waals surface area contributed by atoms with Crippen LogP contribution >= 0.6 is 24.0 Å². The molecule has 0 bridgehead atoms. The predicted molar refractivity (Wildman–Crippen MR) is 49.3 cm³/mol. The van der Waals surface area contributed by atoms with Crippen LogP contribution in [0.4, 0.5) is 0 Å². The number of hydrogen-bond donors (Lipinski definition) is 1. The van der Waals surface area contributed by atoms with Gasteiger partial charge in [0.25, 0.3) is 0 Å². The zero-order chi connectivity index (χ0) is 7.40. The Morgan fingerprint density at radius 1 is 1.45 bits per heavy atom. The van der Waals surface area contributed by atoms with Gasteiger partial charge in [-0.25, -0.2) is 4.98 Å². The van der Waals surface area contributed by atoms with Gasteiger partial charge < -0.3 is 5.73 Å². The minimum atomic E-state index is 0. The highest BCUT2D eigenvalue weighted by molar-refractivity contribution is 6.29. The molecule has 1 rings (SSSR count). The summed E-state index contributed by atoms with van der Waals surface area (Å²) in [5.74, 6) is 0. The van der Waals surface area contributed by atoms with Crippen LogP contribution in [0.15, 0.2) is 18.2 Å². The molecule has 0 aliphatic heterocycles. The molecule has 1 aromatic rings. The van der Waals surface area contributed by atoms with Crippen molar-refractivity contribution in [1.82, 2.24) is 4.98 Å². The molecule has 2 N–H and O–H groups in total. The van der Waals surface area contributed by atoms with E-state index in [-0.39, 0.29) is 12.4 Å². The molecule has 0 saturated heterocycles. The minimum Gasteiger partial charge on any atom is -0.330 e. The molecule has 0 amide bonds. The summed E-state index contributed by atoms with van der Waals surface area (Å²) in [7, 11) is 0. The van der Waals surface area contributed by atoms with Gasteiger partial charge in [-0.3, -0.25) is 0 Å². The van der Waals surface area contributed by atoms with Gasteiger partial charge in [-0.1, -0.05) is 17.7 Å². The molecule has 0 aliphatic carbocycles. The second-order valence-corrected chi connectivity index (χ2v) is 2.38. The number of halogens is 2. The van der Waals surface area contributed by atoms with Crippen LogP contribution < -0.4 is 5.73 Å². The highest BCUT2D eigenvalue weighted by Gasteiger charge is 1.92. The SMILES string of the molecule is Cl.NCCc1cccc(Cl)n1. The average molecular weight is 193 g/mol. The van der Waals surface area contributed by atoms with Gasteiger partial charge in [0.05, 0.1) is 0 Å². The maximum Gasteiger partial charge on any atom is 0.129 e. The molecule has 0 spiro atoms. The van der Waals surface area contributed by atoms with E-state index < -0.39 is 0 Å². The van der Waals surface area contributed by atoms with Crippen LogP contribution in [0.1, 0.15) is 5.69 Å². The van der Waals surface area contributed by atoms with Gasteiger partial charge in [0.1, 0.15) is 5.15 Å². The van der Waals surface area contributed by atoms with Crippen molar-refractivity contribution in [2.24, 2.45) is 5.73 Å². The minimum absolute atomic E-state index is 0. The third-order valence-electron chi connectivity index (χ3n) is 1.17. The lowest BCUT2D eigenvalue weighted by molar-refractivity contribution is 0.923. The Labute approximate surface area is 77.2 Å². The first-order valence-corrected chi connectivity index (χ1v) is 3.52. The van der Waals surface area contributed by atoms with Crippen molar-refractivity contribution in [3.05, 3.63) is 29.0 Å². The van der Waals surface area contributed by atoms with Gasteiger partial charge in [-0.05, 0) is 18.7 Å². The van der Waals surface area contributed by atoms with E-state index in [1.54, 1.807) is 6.07 Å². The highest BCUT2D eigenvalue weighted by atomic mass is 35.5. The zero-order valence-electron chi connectivity index (χ0n) is 5.96. The fourth-order valence-corrected chi connectivity index (χ4v) is 0.919. The lowest BCUT2D eigenvalue weighted by Crippen LogP contribution is -2.03. The maximum atomic E-state index is 5.63. The van der Waals surface area contributed by atoms with E-state index in [2.05, 4.69) is 4.98 Å². The lowest BCUT2D eigenvalue weighted by Gasteiger charge is -1.95. The molecule has 2 nitrogen and oxygen atoms in total. The van der Waals surface area contributed by atoms with Crippen molar-refractivity contribution in [1.29, 1.82) is 0 Å². The number of hydrogen-bond acceptors (Lipinski definition) is 2. The normalized spacial score (nSPS) is 8.91. The van der Waals surface area contributed by atoms with Gasteiger partial charge >= 0.3 is 0 Å². The molecule has 62 valence electrons. The van der Waals surface area contributed by atoms with Crippen molar-refractivity contribution in [3.63, 3.8) is 0 Å². The molecule has 0 aromatic carbocycles. The van der Waals surface area contributed by atoms with Gasteiger partial charge in [0.15, 0.2) is 0 Å². The molecule has 0 aliphatic rings. The Balaban J connectivity index is 0.000001000. The van der Waals surface area contributed by atoms with Crippen LogP contribution in [0.3, 0.4) is 0 Å². The second kappa shape index (κ2) is 5.35. The summed E-state index contributed by atoms with van der Waals surface area (Å²) >= 11 is 5.63. The molecular weight excluding hydrogens is 183 g/mol. The Morgan fingerprint density at radius 3 is 2.73 bits per heavy atom. The Bertz CT molecular complexity index is 215. The lowest BCUT2D eigenvalue weighted by atomic mass is 10.3. The van der Waals surface area contributed by atoms with E-state index in [1.165, 1.54) is 0 Å². The van der Waals surface area contributed by atoms with Gasteiger partial charge in [-0.2, -0.15) is 0 Å². The average Bonchev–Trinajstić information content (AvgIpc) is 1.88. The van der Waals surface area contributed by atoms with E-state index in [4.69, 9.17) is 17.3 Å². The Kier molecular flexibility index (Phi) is 5.20. The molecule has 0 radical (unpaired) electrons. The summed E-state index contributed by atoms with van der Waals surface area (Å²) < 4.78 is 0. The monoisotopic (exact) mass is 192 g/mol. The fraction of sp³-hybridized carbons (Fsp3) is 0.286. The predicted octanol–water partition coefficient (Wildman–Crippen LogP) is 1.66. The van der Waals surface area contributed by atoms with E-state index in [1.807, 2.05) is 12.1 Å². The number of nitrogens with two attached hydrogens (primary N) is 1.